The van der Waals surface area contributed by atoms with Crippen LogP contribution in [0, 0.1) is 0 Å². The van der Waals surface area contributed by atoms with Crippen molar-refractivity contribution in [3.8, 4) is 0 Å². The van der Waals surface area contributed by atoms with Crippen molar-refractivity contribution >= 4 is 28.3 Å². The third kappa shape index (κ3) is 4.41. The van der Waals surface area contributed by atoms with Crippen LogP contribution in [0.25, 0.3) is 0 Å². The van der Waals surface area contributed by atoms with E-state index in [1.807, 2.05) is 7.05 Å². The van der Waals surface area contributed by atoms with Crippen LogP contribution >= 0.6 is 28.3 Å². The summed E-state index contributed by atoms with van der Waals surface area (Å²) in [5, 5.41) is 3.57. The second-order valence-corrected chi connectivity index (χ2v) is 7.39. The standard InChI is InChI=1S/C16H20BrF3N2.ClH/c1-22(14-7-12-4-5-13(8-14)21-12)9-10-2-3-11(17)6-15(10)16(18,19)20;/h2-3,6,12-14,21H,4-5,7-9H2,1H3;1H. The average molecular weight is 414 g/mol. The van der Waals surface area contributed by atoms with Gasteiger partial charge in [-0.15, -0.1) is 12.4 Å². The first-order valence-corrected chi connectivity index (χ1v) is 8.44. The predicted octanol–water partition coefficient (Wildman–Crippen LogP) is 4.60. The maximum Gasteiger partial charge on any atom is 0.416 e. The third-order valence-corrected chi connectivity index (χ3v) is 5.36. The molecule has 3 rings (SSSR count). The van der Waals surface area contributed by atoms with Crippen LogP contribution in [0.2, 0.25) is 0 Å². The minimum Gasteiger partial charge on any atom is -0.311 e. The lowest BCUT2D eigenvalue weighted by Crippen LogP contribution is -2.46. The number of piperidine rings is 1. The Morgan fingerprint density at radius 3 is 2.39 bits per heavy atom. The molecule has 0 spiro atoms. The van der Waals surface area contributed by atoms with Crippen molar-refractivity contribution < 1.29 is 13.2 Å². The van der Waals surface area contributed by atoms with Gasteiger partial charge in [0, 0.05) is 29.1 Å². The molecule has 23 heavy (non-hydrogen) atoms. The molecule has 1 aromatic rings. The summed E-state index contributed by atoms with van der Waals surface area (Å²) < 4.78 is 40.1. The third-order valence-electron chi connectivity index (χ3n) is 4.87. The number of hydrogen-bond acceptors (Lipinski definition) is 2. The van der Waals surface area contributed by atoms with Crippen LogP contribution in [0.1, 0.15) is 36.8 Å². The van der Waals surface area contributed by atoms with Crippen LogP contribution in [0.5, 0.6) is 0 Å². The van der Waals surface area contributed by atoms with Crippen LogP contribution in [0.3, 0.4) is 0 Å². The van der Waals surface area contributed by atoms with Crippen molar-refractivity contribution in [2.24, 2.45) is 0 Å². The second-order valence-electron chi connectivity index (χ2n) is 6.48. The van der Waals surface area contributed by atoms with Gasteiger partial charge in [0.15, 0.2) is 0 Å². The molecule has 0 amide bonds. The highest BCUT2D eigenvalue weighted by Crippen LogP contribution is 2.35. The zero-order valence-corrected chi connectivity index (χ0v) is 15.3. The Morgan fingerprint density at radius 1 is 1.22 bits per heavy atom. The van der Waals surface area contributed by atoms with E-state index in [0.29, 0.717) is 34.7 Å². The minimum atomic E-state index is -4.31. The zero-order valence-electron chi connectivity index (χ0n) is 12.9. The molecule has 2 aliphatic heterocycles. The Bertz CT molecular complexity index is 541. The maximum absolute atomic E-state index is 13.2. The first kappa shape index (κ1) is 19.0. The van der Waals surface area contributed by atoms with Crippen molar-refractivity contribution in [3.63, 3.8) is 0 Å². The quantitative estimate of drug-likeness (QED) is 0.779. The molecule has 1 N–H and O–H groups in total. The molecule has 0 radical (unpaired) electrons. The fourth-order valence-electron chi connectivity index (χ4n) is 3.74. The van der Waals surface area contributed by atoms with Crippen LogP contribution in [0.4, 0.5) is 13.2 Å². The number of hydrogen-bond donors (Lipinski definition) is 1. The van der Waals surface area contributed by atoms with Gasteiger partial charge >= 0.3 is 6.18 Å². The van der Waals surface area contributed by atoms with Gasteiger partial charge in [0.05, 0.1) is 5.56 Å². The summed E-state index contributed by atoms with van der Waals surface area (Å²) in [5.74, 6) is 0. The Kier molecular flexibility index (Phi) is 6.04. The summed E-state index contributed by atoms with van der Waals surface area (Å²) in [5.41, 5.74) is -0.185. The van der Waals surface area contributed by atoms with Crippen LogP contribution in [-0.4, -0.2) is 30.1 Å². The predicted molar refractivity (Wildman–Crippen MR) is 90.8 cm³/mol. The van der Waals surface area contributed by atoms with Gasteiger partial charge in [-0.05, 0) is 50.4 Å². The second kappa shape index (κ2) is 7.30. The van der Waals surface area contributed by atoms with Crippen molar-refractivity contribution in [3.05, 3.63) is 33.8 Å². The Balaban J connectivity index is 0.00000192. The summed E-state index contributed by atoms with van der Waals surface area (Å²) in [6.07, 6.45) is 0.144. The first-order chi connectivity index (χ1) is 10.3. The van der Waals surface area contributed by atoms with Gasteiger partial charge in [-0.3, -0.25) is 4.90 Å². The monoisotopic (exact) mass is 412 g/mol. The molecular weight excluding hydrogens is 393 g/mol. The van der Waals surface area contributed by atoms with E-state index < -0.39 is 11.7 Å². The topological polar surface area (TPSA) is 15.3 Å². The summed E-state index contributed by atoms with van der Waals surface area (Å²) in [4.78, 5) is 2.09. The van der Waals surface area contributed by atoms with Crippen molar-refractivity contribution in [1.29, 1.82) is 0 Å². The Labute approximate surface area is 149 Å². The first-order valence-electron chi connectivity index (χ1n) is 7.65. The lowest BCUT2D eigenvalue weighted by Gasteiger charge is -2.36. The molecule has 2 fully saturated rings. The molecule has 2 heterocycles. The molecule has 2 nitrogen and oxygen atoms in total. The highest BCUT2D eigenvalue weighted by molar-refractivity contribution is 9.10. The molecule has 130 valence electrons. The van der Waals surface area contributed by atoms with Gasteiger partial charge in [0.2, 0.25) is 0 Å². The number of halogens is 5. The van der Waals surface area contributed by atoms with E-state index in [2.05, 4.69) is 26.1 Å². The van der Waals surface area contributed by atoms with E-state index in [0.717, 1.165) is 12.8 Å². The highest BCUT2D eigenvalue weighted by Gasteiger charge is 2.37. The molecule has 2 aliphatic rings. The Hall–Kier alpha value is -0.300. The van der Waals surface area contributed by atoms with E-state index in [9.17, 15) is 13.2 Å². The molecule has 2 atom stereocenters. The van der Waals surface area contributed by atoms with Crippen LogP contribution in [0.15, 0.2) is 22.7 Å². The molecule has 0 saturated carbocycles. The van der Waals surface area contributed by atoms with E-state index >= 15 is 0 Å². The number of benzene rings is 1. The molecule has 0 aliphatic carbocycles. The van der Waals surface area contributed by atoms with Gasteiger partial charge in [-0.1, -0.05) is 22.0 Å². The summed E-state index contributed by atoms with van der Waals surface area (Å²) >= 11 is 3.13. The maximum atomic E-state index is 13.2. The van der Waals surface area contributed by atoms with Gasteiger partial charge in [-0.2, -0.15) is 13.2 Å². The molecule has 0 aromatic heterocycles. The summed E-state index contributed by atoms with van der Waals surface area (Å²) in [6.45, 7) is 0.340. The highest BCUT2D eigenvalue weighted by atomic mass is 79.9. The van der Waals surface area contributed by atoms with Gasteiger partial charge in [0.1, 0.15) is 0 Å². The van der Waals surface area contributed by atoms with Crippen LogP contribution < -0.4 is 5.32 Å². The number of nitrogens with zero attached hydrogens (tertiary/aromatic N) is 1. The zero-order chi connectivity index (χ0) is 15.9. The van der Waals surface area contributed by atoms with E-state index in [1.54, 1.807) is 12.1 Å². The SMILES string of the molecule is CN(Cc1ccc(Br)cc1C(F)(F)F)C1CC2CCC(C1)N2.Cl. The largest absolute Gasteiger partial charge is 0.416 e. The number of nitrogens with one attached hydrogen (secondary N) is 1. The smallest absolute Gasteiger partial charge is 0.311 e. The molecule has 2 saturated heterocycles. The fraction of sp³-hybridized carbons (Fsp3) is 0.625. The summed E-state index contributed by atoms with van der Waals surface area (Å²) in [7, 11) is 1.94. The fourth-order valence-corrected chi connectivity index (χ4v) is 4.10. The average Bonchev–Trinajstić information content (AvgIpc) is 2.78. The number of rotatable bonds is 3. The van der Waals surface area contributed by atoms with Gasteiger partial charge in [-0.25, -0.2) is 0 Å². The number of fused-ring (bicyclic) bond motifs is 2. The lowest BCUT2D eigenvalue weighted by atomic mass is 9.97. The normalized spacial score (nSPS) is 27.1. The van der Waals surface area contributed by atoms with Crippen molar-refractivity contribution in [2.45, 2.75) is 56.5 Å². The molecule has 1 aromatic carbocycles. The number of alkyl halides is 3. The minimum absolute atomic E-state index is 0. The van der Waals surface area contributed by atoms with Gasteiger partial charge in [0.25, 0.3) is 0 Å². The van der Waals surface area contributed by atoms with Gasteiger partial charge < -0.3 is 5.32 Å². The molecule has 2 unspecified atom stereocenters. The van der Waals surface area contributed by atoms with E-state index in [4.69, 9.17) is 0 Å². The van der Waals surface area contributed by atoms with Crippen LogP contribution in [-0.2, 0) is 12.7 Å². The van der Waals surface area contributed by atoms with E-state index in [-0.39, 0.29) is 12.4 Å². The molecule has 7 heteroatoms. The summed E-state index contributed by atoms with van der Waals surface area (Å²) in [6, 6.07) is 5.89. The van der Waals surface area contributed by atoms with Crippen molar-refractivity contribution in [2.75, 3.05) is 7.05 Å². The molecular formula is C16H21BrClF3N2. The lowest BCUT2D eigenvalue weighted by molar-refractivity contribution is -0.138. The van der Waals surface area contributed by atoms with E-state index in [1.165, 1.54) is 18.9 Å². The van der Waals surface area contributed by atoms with Crippen molar-refractivity contribution in [1.82, 2.24) is 10.2 Å². The Morgan fingerprint density at radius 2 is 1.83 bits per heavy atom. The molecule has 2 bridgehead atoms.